The van der Waals surface area contributed by atoms with Crippen molar-refractivity contribution in [1.29, 1.82) is 0 Å². The zero-order chi connectivity index (χ0) is 24.4. The van der Waals surface area contributed by atoms with Crippen molar-refractivity contribution in [2.45, 2.75) is 45.4 Å². The Morgan fingerprint density at radius 3 is 2.51 bits per heavy atom. The fourth-order valence-corrected chi connectivity index (χ4v) is 5.09. The number of halogens is 1. The molecule has 1 heterocycles. The summed E-state index contributed by atoms with van der Waals surface area (Å²) in [6.07, 6.45) is 5.75. The van der Waals surface area contributed by atoms with Crippen LogP contribution in [0, 0.1) is 12.8 Å². The number of aromatic amines is 1. The highest BCUT2D eigenvalue weighted by atomic mass is 35.5. The molecule has 3 aromatic carbocycles. The van der Waals surface area contributed by atoms with Crippen LogP contribution in [-0.4, -0.2) is 21.7 Å². The van der Waals surface area contributed by atoms with Crippen LogP contribution < -0.4 is 5.32 Å². The maximum atomic E-state index is 12.7. The second kappa shape index (κ2) is 10.0. The fraction of sp³-hybridized carbons (Fsp3) is 0.276. The Balaban J connectivity index is 1.28. The minimum absolute atomic E-state index is 0.0369. The van der Waals surface area contributed by atoms with Crippen LogP contribution in [0.2, 0.25) is 5.02 Å². The molecule has 0 unspecified atom stereocenters. The number of aryl methyl sites for hydroxylation is 1. The molecule has 0 radical (unpaired) electrons. The van der Waals surface area contributed by atoms with Crippen molar-refractivity contribution in [3.63, 3.8) is 0 Å². The summed E-state index contributed by atoms with van der Waals surface area (Å²) in [5.41, 5.74) is 5.96. The molecule has 5 nitrogen and oxygen atoms in total. The van der Waals surface area contributed by atoms with Gasteiger partial charge in [-0.25, -0.2) is 4.98 Å². The van der Waals surface area contributed by atoms with Gasteiger partial charge in [0.15, 0.2) is 5.78 Å². The minimum Gasteiger partial charge on any atom is -0.338 e. The van der Waals surface area contributed by atoms with Crippen molar-refractivity contribution in [3.8, 4) is 11.4 Å². The summed E-state index contributed by atoms with van der Waals surface area (Å²) in [5, 5.41) is 3.65. The number of Topliss-reactive ketones (excluding diaryl/α,β-unsaturated/α-hetero) is 1. The number of carbonyl (C=O) groups excluding carboxylic acids is 2. The minimum atomic E-state index is 0.0369. The van der Waals surface area contributed by atoms with Crippen LogP contribution in [0.1, 0.15) is 53.6 Å². The highest BCUT2D eigenvalue weighted by Gasteiger charge is 2.21. The molecule has 0 atom stereocenters. The number of fused-ring (bicyclic) bond motifs is 1. The maximum absolute atomic E-state index is 12.7. The van der Waals surface area contributed by atoms with Gasteiger partial charge in [-0.15, -0.1) is 0 Å². The largest absolute Gasteiger partial charge is 0.338 e. The van der Waals surface area contributed by atoms with Crippen LogP contribution >= 0.6 is 11.6 Å². The van der Waals surface area contributed by atoms with Crippen LogP contribution in [0.4, 0.5) is 5.69 Å². The van der Waals surface area contributed by atoms with E-state index in [2.05, 4.69) is 10.3 Å². The van der Waals surface area contributed by atoms with Gasteiger partial charge in [0.1, 0.15) is 5.82 Å². The van der Waals surface area contributed by atoms with E-state index in [4.69, 9.17) is 16.6 Å². The van der Waals surface area contributed by atoms with Crippen LogP contribution in [0.5, 0.6) is 0 Å². The lowest BCUT2D eigenvalue weighted by Crippen LogP contribution is -2.24. The summed E-state index contributed by atoms with van der Waals surface area (Å²) >= 11 is 6.11. The van der Waals surface area contributed by atoms with Gasteiger partial charge in [-0.1, -0.05) is 55.1 Å². The summed E-state index contributed by atoms with van der Waals surface area (Å²) in [6, 6.07) is 19.0. The molecule has 4 aromatic rings. The number of rotatable bonds is 6. The monoisotopic (exact) mass is 485 g/mol. The Kier molecular flexibility index (Phi) is 6.69. The molecule has 2 N–H and O–H groups in total. The third-order valence-electron chi connectivity index (χ3n) is 6.68. The molecule has 5 rings (SSSR count). The Labute approximate surface area is 209 Å². The van der Waals surface area contributed by atoms with Gasteiger partial charge in [0.25, 0.3) is 0 Å². The van der Waals surface area contributed by atoms with E-state index in [9.17, 15) is 9.59 Å². The molecule has 0 bridgehead atoms. The molecule has 1 amide bonds. The highest BCUT2D eigenvalue weighted by molar-refractivity contribution is 6.31. The number of nitrogens with one attached hydrogen (secondary N) is 2. The van der Waals surface area contributed by atoms with E-state index in [1.807, 2.05) is 61.5 Å². The average Bonchev–Trinajstić information content (AvgIpc) is 3.28. The molecule has 1 aliphatic carbocycles. The zero-order valence-electron chi connectivity index (χ0n) is 19.7. The van der Waals surface area contributed by atoms with Gasteiger partial charge in [-0.3, -0.25) is 9.59 Å². The molecule has 1 fully saturated rings. The number of aromatic nitrogens is 2. The number of hydrogen-bond acceptors (Lipinski definition) is 3. The van der Waals surface area contributed by atoms with Crippen LogP contribution in [0.3, 0.4) is 0 Å². The molecule has 0 saturated heterocycles. The first-order chi connectivity index (χ1) is 16.9. The van der Waals surface area contributed by atoms with Crippen LogP contribution in [-0.2, 0) is 11.2 Å². The number of amides is 1. The zero-order valence-corrected chi connectivity index (χ0v) is 20.5. The molecule has 1 aliphatic rings. The number of nitrogens with zero attached hydrogens (tertiary/aromatic N) is 1. The quantitative estimate of drug-likeness (QED) is 0.285. The first kappa shape index (κ1) is 23.3. The smallest absolute Gasteiger partial charge is 0.227 e. The van der Waals surface area contributed by atoms with E-state index in [1.165, 1.54) is 6.42 Å². The van der Waals surface area contributed by atoms with Crippen LogP contribution in [0.15, 0.2) is 60.7 Å². The predicted octanol–water partition coefficient (Wildman–Crippen LogP) is 7.14. The summed E-state index contributed by atoms with van der Waals surface area (Å²) in [4.78, 5) is 33.3. The summed E-state index contributed by atoms with van der Waals surface area (Å²) in [7, 11) is 0. The molecule has 1 aromatic heterocycles. The molecule has 35 heavy (non-hydrogen) atoms. The number of carbonyl (C=O) groups is 2. The third kappa shape index (κ3) is 5.46. The van der Waals surface area contributed by atoms with Crippen molar-refractivity contribution in [3.05, 3.63) is 82.4 Å². The summed E-state index contributed by atoms with van der Waals surface area (Å²) in [6.45, 7) is 1.93. The van der Waals surface area contributed by atoms with E-state index >= 15 is 0 Å². The molecule has 1 saturated carbocycles. The first-order valence-corrected chi connectivity index (χ1v) is 12.5. The van der Waals surface area contributed by atoms with Crippen molar-refractivity contribution in [2.75, 3.05) is 5.32 Å². The Morgan fingerprint density at radius 2 is 1.77 bits per heavy atom. The number of H-pyrrole nitrogens is 1. The second-order valence-electron chi connectivity index (χ2n) is 9.46. The van der Waals surface area contributed by atoms with Gasteiger partial charge in [-0.05, 0) is 67.3 Å². The van der Waals surface area contributed by atoms with Crippen molar-refractivity contribution in [2.24, 2.45) is 5.92 Å². The van der Waals surface area contributed by atoms with E-state index in [0.717, 1.165) is 64.9 Å². The van der Waals surface area contributed by atoms with E-state index in [0.29, 0.717) is 17.0 Å². The number of benzene rings is 3. The number of imidazole rings is 1. The third-order valence-corrected chi connectivity index (χ3v) is 6.90. The lowest BCUT2D eigenvalue weighted by molar-refractivity contribution is -0.120. The van der Waals surface area contributed by atoms with E-state index < -0.39 is 0 Å². The number of anilines is 1. The van der Waals surface area contributed by atoms with Gasteiger partial charge in [0.2, 0.25) is 5.91 Å². The Bertz CT molecular complexity index is 1360. The fourth-order valence-electron chi connectivity index (χ4n) is 4.80. The lowest BCUT2D eigenvalue weighted by atomic mass is 9.88. The molecular weight excluding hydrogens is 458 g/mol. The van der Waals surface area contributed by atoms with Gasteiger partial charge >= 0.3 is 0 Å². The van der Waals surface area contributed by atoms with Gasteiger partial charge < -0.3 is 10.3 Å². The SMILES string of the molecule is Cc1cc(Cl)cc(C(=O)Cc2ccc(-c3nc4ccc(NC(=O)C5CCCCC5)cc4[nH]3)cc2)c1. The molecule has 0 spiro atoms. The highest BCUT2D eigenvalue weighted by Crippen LogP contribution is 2.27. The Morgan fingerprint density at radius 1 is 1.00 bits per heavy atom. The summed E-state index contributed by atoms with van der Waals surface area (Å²) < 4.78 is 0. The van der Waals surface area contributed by atoms with Gasteiger partial charge in [-0.2, -0.15) is 0 Å². The number of hydrogen-bond donors (Lipinski definition) is 2. The lowest BCUT2D eigenvalue weighted by Gasteiger charge is -2.20. The molecular formula is C29H28ClN3O2. The van der Waals surface area contributed by atoms with Gasteiger partial charge in [0, 0.05) is 34.2 Å². The van der Waals surface area contributed by atoms with Crippen LogP contribution in [0.25, 0.3) is 22.4 Å². The second-order valence-corrected chi connectivity index (χ2v) is 9.89. The van der Waals surface area contributed by atoms with Crippen molar-refractivity contribution >= 4 is 40.0 Å². The first-order valence-electron chi connectivity index (χ1n) is 12.1. The molecule has 0 aliphatic heterocycles. The van der Waals surface area contributed by atoms with Crippen molar-refractivity contribution < 1.29 is 9.59 Å². The predicted molar refractivity (Wildman–Crippen MR) is 141 cm³/mol. The van der Waals surface area contributed by atoms with E-state index in [1.54, 1.807) is 6.07 Å². The topological polar surface area (TPSA) is 74.8 Å². The standard InChI is InChI=1S/C29H28ClN3O2/c1-18-13-22(16-23(30)14-18)27(34)15-19-7-9-20(10-8-19)28-32-25-12-11-24(17-26(25)33-28)31-29(35)21-5-3-2-4-6-21/h7-14,16-17,21H,2-6,15H2,1H3,(H,31,35)(H,32,33). The van der Waals surface area contributed by atoms with Crippen molar-refractivity contribution in [1.82, 2.24) is 9.97 Å². The van der Waals surface area contributed by atoms with Gasteiger partial charge in [0.05, 0.1) is 11.0 Å². The summed E-state index contributed by atoms with van der Waals surface area (Å²) in [5.74, 6) is 1.01. The van der Waals surface area contributed by atoms with E-state index in [-0.39, 0.29) is 17.6 Å². The number of ketones is 1. The maximum Gasteiger partial charge on any atom is 0.227 e. The normalized spacial score (nSPS) is 14.2. The molecule has 178 valence electrons. The Hall–Kier alpha value is -3.44. The average molecular weight is 486 g/mol. The molecule has 6 heteroatoms.